The van der Waals surface area contributed by atoms with Gasteiger partial charge in [0.1, 0.15) is 66.3 Å². The lowest BCUT2D eigenvalue weighted by Gasteiger charge is -2.41. The average molecular weight is 918 g/mol. The summed E-state index contributed by atoms with van der Waals surface area (Å²) in [5.74, 6) is 0.425. The molecule has 7 rings (SSSR count). The maximum Gasteiger partial charge on any atom is 0.386 e. The number of imidazole rings is 1. The molecule has 0 aliphatic carbocycles. The lowest BCUT2D eigenvalue weighted by molar-refractivity contribution is -0.0571. The van der Waals surface area contributed by atoms with Crippen LogP contribution in [-0.2, 0) is 45.6 Å². The van der Waals surface area contributed by atoms with Crippen molar-refractivity contribution in [1.82, 2.24) is 34.1 Å². The van der Waals surface area contributed by atoms with Crippen LogP contribution in [0.3, 0.4) is 0 Å². The first-order chi connectivity index (χ1) is 26.8. The minimum Gasteiger partial charge on any atom is -0.408 e. The first kappa shape index (κ1) is 44.1. The Morgan fingerprint density at radius 3 is 1.88 bits per heavy atom. The largest absolute Gasteiger partial charge is 0.408 e. The molecule has 4 N–H and O–H groups in total. The monoisotopic (exact) mass is 917 g/mol. The fourth-order valence-electron chi connectivity index (χ4n) is 6.63. The summed E-state index contributed by atoms with van der Waals surface area (Å²) >= 11 is 8.99. The van der Waals surface area contributed by atoms with Gasteiger partial charge in [-0.3, -0.25) is 22.7 Å². The molecule has 3 aliphatic rings. The van der Waals surface area contributed by atoms with Crippen LogP contribution in [0.15, 0.2) is 31.2 Å². The highest BCUT2D eigenvalue weighted by Crippen LogP contribution is 2.61. The second-order valence-corrected chi connectivity index (χ2v) is 33.1. The van der Waals surface area contributed by atoms with Crippen molar-refractivity contribution in [3.63, 3.8) is 0 Å². The molecule has 19 nitrogen and oxygen atoms in total. The molecular formula is C33H53N9O10P2S2Si2. The summed E-state index contributed by atoms with van der Waals surface area (Å²) in [6.07, 6.45) is -2.34. The van der Waals surface area contributed by atoms with E-state index in [9.17, 15) is 9.13 Å². The molecule has 7 heterocycles. The molecule has 3 fully saturated rings. The maximum atomic E-state index is 14.6. The molecule has 4 aromatic heterocycles. The van der Waals surface area contributed by atoms with Crippen LogP contribution >= 0.6 is 38.1 Å². The molecule has 10 atom stereocenters. The van der Waals surface area contributed by atoms with E-state index in [1.165, 1.54) is 19.0 Å². The van der Waals surface area contributed by atoms with Crippen molar-refractivity contribution in [2.45, 2.75) is 127 Å². The van der Waals surface area contributed by atoms with Crippen molar-refractivity contribution in [1.29, 1.82) is 0 Å². The number of thiol groups is 2. The zero-order valence-corrected chi connectivity index (χ0v) is 39.7. The predicted octanol–water partition coefficient (Wildman–Crippen LogP) is 6.90. The number of ether oxygens (including phenoxy) is 2. The van der Waals surface area contributed by atoms with Gasteiger partial charge in [0, 0.05) is 6.20 Å². The Labute approximate surface area is 349 Å². The van der Waals surface area contributed by atoms with Gasteiger partial charge in [0.2, 0.25) is 0 Å². The van der Waals surface area contributed by atoms with Crippen LogP contribution in [-0.4, -0.2) is 101 Å². The first-order valence-corrected chi connectivity index (χ1v) is 30.0. The Morgan fingerprint density at radius 2 is 1.26 bits per heavy atom. The number of hydrogen-bond acceptors (Lipinski definition) is 17. The fraction of sp³-hybridized carbons (Fsp3) is 0.667. The van der Waals surface area contributed by atoms with Gasteiger partial charge in [0.15, 0.2) is 40.6 Å². The number of nitrogens with zero attached hydrogens (tertiary/aromatic N) is 7. The van der Waals surface area contributed by atoms with Crippen molar-refractivity contribution in [3.8, 4) is 0 Å². The van der Waals surface area contributed by atoms with Crippen LogP contribution in [0.4, 0.5) is 11.6 Å². The quantitative estimate of drug-likeness (QED) is 0.0874. The fourth-order valence-corrected chi connectivity index (χ4v) is 12.2. The lowest BCUT2D eigenvalue weighted by Crippen LogP contribution is -2.50. The smallest absolute Gasteiger partial charge is 0.386 e. The van der Waals surface area contributed by atoms with E-state index in [4.69, 9.17) is 47.9 Å². The normalized spacial score (nSPS) is 33.2. The van der Waals surface area contributed by atoms with E-state index in [0.717, 1.165) is 0 Å². The summed E-state index contributed by atoms with van der Waals surface area (Å²) in [7, 11) is -5.26. The number of hydrogen-bond donors (Lipinski definition) is 4. The molecule has 25 heteroatoms. The number of rotatable bonds is 6. The van der Waals surface area contributed by atoms with Gasteiger partial charge in [0.05, 0.1) is 24.9 Å². The van der Waals surface area contributed by atoms with Crippen molar-refractivity contribution in [2.75, 3.05) is 24.7 Å². The molecule has 320 valence electrons. The molecule has 3 saturated heterocycles. The molecule has 5 unspecified atom stereocenters. The summed E-state index contributed by atoms with van der Waals surface area (Å²) in [5, 5.41) is 0.0533. The molecule has 4 aromatic rings. The number of nitrogen functional groups attached to an aromatic ring is 2. The summed E-state index contributed by atoms with van der Waals surface area (Å²) < 4.78 is 84.7. The van der Waals surface area contributed by atoms with Gasteiger partial charge < -0.3 is 34.4 Å². The van der Waals surface area contributed by atoms with Gasteiger partial charge in [-0.05, 0) is 42.3 Å². The highest BCUT2D eigenvalue weighted by Gasteiger charge is 2.57. The molecule has 0 aromatic carbocycles. The second kappa shape index (κ2) is 15.4. The van der Waals surface area contributed by atoms with Gasteiger partial charge in [-0.25, -0.2) is 34.0 Å². The van der Waals surface area contributed by atoms with Crippen molar-refractivity contribution >= 4 is 88.6 Å². The lowest BCUT2D eigenvalue weighted by atomic mass is 10.1. The summed E-state index contributed by atoms with van der Waals surface area (Å²) in [5.41, 5.74) is 13.4. The van der Waals surface area contributed by atoms with E-state index in [1.54, 1.807) is 21.4 Å². The third-order valence-electron chi connectivity index (χ3n) is 11.8. The van der Waals surface area contributed by atoms with E-state index >= 15 is 0 Å². The second-order valence-electron chi connectivity index (χ2n) is 17.8. The molecule has 3 aliphatic heterocycles. The van der Waals surface area contributed by atoms with Crippen LogP contribution in [0, 0.1) is 0 Å². The van der Waals surface area contributed by atoms with Gasteiger partial charge in [-0.2, -0.15) is 0 Å². The zero-order chi connectivity index (χ0) is 42.4. The van der Waals surface area contributed by atoms with Crippen LogP contribution in [0.1, 0.15) is 54.0 Å². The molecule has 0 saturated carbocycles. The van der Waals surface area contributed by atoms with E-state index < -0.39 is 85.9 Å². The van der Waals surface area contributed by atoms with Crippen molar-refractivity contribution < 1.29 is 45.6 Å². The van der Waals surface area contributed by atoms with Crippen LogP contribution in [0.2, 0.25) is 36.3 Å². The van der Waals surface area contributed by atoms with Crippen molar-refractivity contribution in [3.05, 3.63) is 31.2 Å². The molecule has 0 amide bonds. The SMILES string of the molecule is CC(C)(C)[Si](C)(C)OC1[C@@H]2OP(=O)(S)OC[C@H]3O[C@@H](n4cnc5c(N)ncnc54)[C@H](OP(=O)(S)OCC2O[C@H]1n1ccc2c(N)ncnc21)C3O[Si](C)(C)C(C)(C)C. The molecule has 58 heavy (non-hydrogen) atoms. The van der Waals surface area contributed by atoms with Gasteiger partial charge in [-0.1, -0.05) is 66.0 Å². The molecular weight excluding hydrogens is 865 g/mol. The number of anilines is 2. The first-order valence-electron chi connectivity index (χ1n) is 18.8. The Kier molecular flexibility index (Phi) is 11.7. The van der Waals surface area contributed by atoms with Gasteiger partial charge >= 0.3 is 13.6 Å². The summed E-state index contributed by atoms with van der Waals surface area (Å²) in [4.78, 5) is 21.5. The van der Waals surface area contributed by atoms with Gasteiger partial charge in [0.25, 0.3) is 0 Å². The average Bonchev–Trinajstić information content (AvgIpc) is 3.87. The third kappa shape index (κ3) is 8.46. The van der Waals surface area contributed by atoms with Crippen molar-refractivity contribution in [2.24, 2.45) is 0 Å². The highest BCUT2D eigenvalue weighted by atomic mass is 32.7. The topological polar surface area (TPSA) is 234 Å². The summed E-state index contributed by atoms with van der Waals surface area (Å²) in [6.45, 7) is 11.4. The van der Waals surface area contributed by atoms with Crippen LogP contribution in [0.5, 0.6) is 0 Å². The maximum absolute atomic E-state index is 14.6. The minimum absolute atomic E-state index is 0.149. The van der Waals surface area contributed by atoms with Gasteiger partial charge in [-0.15, -0.1) is 0 Å². The summed E-state index contributed by atoms with van der Waals surface area (Å²) in [6, 6.07) is 1.77. The van der Waals surface area contributed by atoms with Crippen LogP contribution in [0.25, 0.3) is 22.2 Å². The Morgan fingerprint density at radius 1 is 0.724 bits per heavy atom. The third-order valence-corrected chi connectivity index (χ3v) is 24.0. The minimum atomic E-state index is -4.33. The molecule has 0 spiro atoms. The zero-order valence-electron chi connectivity index (χ0n) is 34.1. The Hall–Kier alpha value is -1.96. The Bertz CT molecular complexity index is 2270. The highest BCUT2D eigenvalue weighted by molar-refractivity contribution is 8.44. The number of nitrogens with two attached hydrogens (primary N) is 2. The molecule has 2 bridgehead atoms. The van der Waals surface area contributed by atoms with E-state index in [1.807, 2.05) is 0 Å². The number of fused-ring (bicyclic) bond motifs is 5. The van der Waals surface area contributed by atoms with E-state index in [2.05, 4.69) is 117 Å². The van der Waals surface area contributed by atoms with E-state index in [-0.39, 0.29) is 28.3 Å². The standard InChI is InChI=1S/C33H53N9O10P2S2Si2/c1-32(2,3)57(7,8)51-23-20-14-46-53(43,55)49-22-19(13-45-54(44,56)50-24(23)30(48-20)42-17-40-21-27(35)37-16-39-29(21)42)47-31(25(22)52-58(9,10)33(4,5)6)41-12-11-18-26(34)36-15-38-28(18)41/h11-12,15-17,19-20,22-25,30-31H,13-14H2,1-10H3,(H,43,55)(H,44,56)(H2,34,36,38)(H2,35,37,39)/t19?,20-,22-,23?,24-,25?,30-,31-,53?,54?/m1/s1. The predicted molar refractivity (Wildman–Crippen MR) is 228 cm³/mol. The van der Waals surface area contributed by atoms with Crippen LogP contribution < -0.4 is 11.5 Å². The molecule has 0 radical (unpaired) electrons. The van der Waals surface area contributed by atoms with E-state index in [0.29, 0.717) is 22.2 Å². The Balaban J connectivity index is 1.30. The number of aromatic nitrogens is 7.